The molecule has 1 atom stereocenters. The highest BCUT2D eigenvalue weighted by Crippen LogP contribution is 2.40. The van der Waals surface area contributed by atoms with Gasteiger partial charge in [-0.05, 0) is 44.7 Å². The summed E-state index contributed by atoms with van der Waals surface area (Å²) >= 11 is 6.33. The van der Waals surface area contributed by atoms with Crippen LogP contribution in [0.4, 0.5) is 0 Å². The van der Waals surface area contributed by atoms with E-state index in [2.05, 4.69) is 20.1 Å². The molecular formula is C20H21ClN6O. The summed E-state index contributed by atoms with van der Waals surface area (Å²) < 4.78 is 1.79. The highest BCUT2D eigenvalue weighted by Gasteiger charge is 2.30. The van der Waals surface area contributed by atoms with Crippen LogP contribution in [-0.4, -0.2) is 48.5 Å². The highest BCUT2D eigenvalue weighted by molar-refractivity contribution is 6.33. The molecule has 1 aliphatic carbocycles. The molecule has 0 radical (unpaired) electrons. The number of hydrogen-bond donors (Lipinski definition) is 0. The molecule has 4 heterocycles. The minimum atomic E-state index is -0.0142. The Kier molecular flexibility index (Phi) is 4.27. The van der Waals surface area contributed by atoms with Crippen LogP contribution in [0.25, 0.3) is 5.78 Å². The Hall–Kier alpha value is -2.54. The second-order valence-electron chi connectivity index (χ2n) is 7.75. The molecule has 8 heteroatoms. The minimum absolute atomic E-state index is 0.0142. The summed E-state index contributed by atoms with van der Waals surface area (Å²) in [6.45, 7) is 3.33. The van der Waals surface area contributed by atoms with Crippen molar-refractivity contribution in [2.24, 2.45) is 0 Å². The number of aromatic nitrogens is 5. The molecule has 0 bridgehead atoms. The summed E-state index contributed by atoms with van der Waals surface area (Å²) in [5.41, 5.74) is 3.51. The van der Waals surface area contributed by atoms with Crippen LogP contribution in [0.2, 0.25) is 5.02 Å². The van der Waals surface area contributed by atoms with Gasteiger partial charge in [0.2, 0.25) is 0 Å². The summed E-state index contributed by atoms with van der Waals surface area (Å²) in [6.07, 6.45) is 7.36. The quantitative estimate of drug-likeness (QED) is 0.678. The third-order valence-corrected chi connectivity index (χ3v) is 5.94. The summed E-state index contributed by atoms with van der Waals surface area (Å²) in [5, 5.41) is 4.75. The smallest absolute Gasteiger partial charge is 0.255 e. The molecule has 144 valence electrons. The number of likely N-dealkylation sites (tertiary alicyclic amines) is 1. The Morgan fingerprint density at radius 3 is 2.86 bits per heavy atom. The number of pyridine rings is 1. The van der Waals surface area contributed by atoms with Crippen LogP contribution in [0.5, 0.6) is 0 Å². The molecule has 3 aromatic heterocycles. The molecule has 1 aliphatic heterocycles. The second-order valence-corrected chi connectivity index (χ2v) is 8.16. The van der Waals surface area contributed by atoms with Gasteiger partial charge in [-0.2, -0.15) is 10.1 Å². The molecule has 2 fully saturated rings. The highest BCUT2D eigenvalue weighted by atomic mass is 35.5. The van der Waals surface area contributed by atoms with Crippen molar-refractivity contribution in [3.8, 4) is 0 Å². The normalized spacial score (nSPS) is 19.9. The van der Waals surface area contributed by atoms with E-state index in [4.69, 9.17) is 11.6 Å². The van der Waals surface area contributed by atoms with Crippen molar-refractivity contribution < 1.29 is 4.79 Å². The van der Waals surface area contributed by atoms with Gasteiger partial charge < -0.3 is 4.90 Å². The summed E-state index contributed by atoms with van der Waals surface area (Å²) in [7, 11) is 0. The zero-order valence-electron chi connectivity index (χ0n) is 15.7. The summed E-state index contributed by atoms with van der Waals surface area (Å²) in [5.74, 6) is 1.26. The summed E-state index contributed by atoms with van der Waals surface area (Å²) in [6, 6.07) is 3.93. The van der Waals surface area contributed by atoms with E-state index in [0.717, 1.165) is 49.3 Å². The maximum atomic E-state index is 13.2. The van der Waals surface area contributed by atoms with Crippen molar-refractivity contribution in [1.29, 1.82) is 0 Å². The maximum Gasteiger partial charge on any atom is 0.255 e. The van der Waals surface area contributed by atoms with Crippen LogP contribution >= 0.6 is 11.6 Å². The number of amides is 1. The van der Waals surface area contributed by atoms with Crippen LogP contribution < -0.4 is 0 Å². The Morgan fingerprint density at radius 2 is 2.04 bits per heavy atom. The number of hydrogen-bond acceptors (Lipinski definition) is 5. The molecule has 1 unspecified atom stereocenters. The largest absolute Gasteiger partial charge is 0.338 e. The third kappa shape index (κ3) is 3.13. The Bertz CT molecular complexity index is 1060. The first kappa shape index (κ1) is 17.6. The first-order valence-corrected chi connectivity index (χ1v) is 10.1. The number of halogens is 1. The predicted octanol–water partition coefficient (Wildman–Crippen LogP) is 3.38. The fourth-order valence-electron chi connectivity index (χ4n) is 4.04. The van der Waals surface area contributed by atoms with Gasteiger partial charge in [-0.15, -0.1) is 0 Å². The number of carbonyl (C=O) groups is 1. The number of aryl methyl sites for hydroxylation is 1. The van der Waals surface area contributed by atoms with Crippen LogP contribution in [-0.2, 0) is 0 Å². The van der Waals surface area contributed by atoms with Crippen molar-refractivity contribution in [1.82, 2.24) is 29.5 Å². The van der Waals surface area contributed by atoms with Gasteiger partial charge in [-0.3, -0.25) is 9.78 Å². The minimum Gasteiger partial charge on any atom is -0.338 e. The van der Waals surface area contributed by atoms with Crippen molar-refractivity contribution >= 4 is 23.3 Å². The average Bonchev–Trinajstić information content (AvgIpc) is 3.45. The predicted molar refractivity (Wildman–Crippen MR) is 105 cm³/mol. The molecule has 3 aromatic rings. The zero-order valence-corrected chi connectivity index (χ0v) is 16.4. The Balaban J connectivity index is 1.43. The molecular weight excluding hydrogens is 376 g/mol. The van der Waals surface area contributed by atoms with E-state index in [9.17, 15) is 4.79 Å². The lowest BCUT2D eigenvalue weighted by Crippen LogP contribution is -2.39. The van der Waals surface area contributed by atoms with Gasteiger partial charge in [0.05, 0.1) is 16.3 Å². The number of fused-ring (bicyclic) bond motifs is 1. The molecule has 1 saturated carbocycles. The van der Waals surface area contributed by atoms with Crippen LogP contribution in [0.1, 0.15) is 65.0 Å². The fraction of sp³-hybridized carbons (Fsp3) is 0.450. The average molecular weight is 397 g/mol. The van der Waals surface area contributed by atoms with Gasteiger partial charge in [0.1, 0.15) is 6.33 Å². The number of carbonyl (C=O) groups excluding carboxylic acids is 1. The van der Waals surface area contributed by atoms with E-state index in [1.807, 2.05) is 24.0 Å². The SMILES string of the molecule is Cc1cc(C2CCCN(C(=O)c3cc(C4CC4)ncc3Cl)C2)n2ncnc2n1. The van der Waals surface area contributed by atoms with Crippen LogP contribution in [0.3, 0.4) is 0 Å². The molecule has 5 rings (SSSR count). The third-order valence-electron chi connectivity index (χ3n) is 5.64. The lowest BCUT2D eigenvalue weighted by molar-refractivity contribution is 0.0705. The molecule has 7 nitrogen and oxygen atoms in total. The topological polar surface area (TPSA) is 76.3 Å². The number of nitrogens with zero attached hydrogens (tertiary/aromatic N) is 6. The number of rotatable bonds is 3. The van der Waals surface area contributed by atoms with Gasteiger partial charge in [0, 0.05) is 42.5 Å². The first-order chi connectivity index (χ1) is 13.6. The van der Waals surface area contributed by atoms with E-state index in [1.54, 1.807) is 10.7 Å². The maximum absolute atomic E-state index is 13.2. The van der Waals surface area contributed by atoms with E-state index in [-0.39, 0.29) is 11.8 Å². The van der Waals surface area contributed by atoms with E-state index < -0.39 is 0 Å². The van der Waals surface area contributed by atoms with Crippen molar-refractivity contribution in [3.63, 3.8) is 0 Å². The first-order valence-electron chi connectivity index (χ1n) is 9.72. The molecule has 2 aliphatic rings. The molecule has 0 aromatic carbocycles. The van der Waals surface area contributed by atoms with Crippen molar-refractivity contribution in [3.05, 3.63) is 52.3 Å². The summed E-state index contributed by atoms with van der Waals surface area (Å²) in [4.78, 5) is 28.2. The van der Waals surface area contributed by atoms with Gasteiger partial charge in [0.25, 0.3) is 11.7 Å². The molecule has 1 saturated heterocycles. The van der Waals surface area contributed by atoms with Crippen molar-refractivity contribution in [2.45, 2.75) is 44.4 Å². The lowest BCUT2D eigenvalue weighted by atomic mass is 9.93. The Morgan fingerprint density at radius 1 is 1.18 bits per heavy atom. The molecule has 1 amide bonds. The van der Waals surface area contributed by atoms with Gasteiger partial charge >= 0.3 is 0 Å². The second kappa shape index (κ2) is 6.81. The van der Waals surface area contributed by atoms with Gasteiger partial charge in [0.15, 0.2) is 0 Å². The zero-order chi connectivity index (χ0) is 19.3. The Labute approximate surface area is 167 Å². The lowest BCUT2D eigenvalue weighted by Gasteiger charge is -2.33. The molecule has 0 N–H and O–H groups in total. The standard InChI is InChI=1S/C20H21ClN6O/c1-12-7-18(27-20(25-12)23-11-24-27)14-3-2-6-26(10-14)19(28)15-8-17(13-4-5-13)22-9-16(15)21/h7-9,11,13-14H,2-6,10H2,1H3. The van der Waals surface area contributed by atoms with E-state index in [0.29, 0.717) is 28.8 Å². The van der Waals surface area contributed by atoms with E-state index in [1.165, 1.54) is 6.33 Å². The van der Waals surface area contributed by atoms with E-state index >= 15 is 0 Å². The van der Waals surface area contributed by atoms with Gasteiger partial charge in [-0.1, -0.05) is 11.6 Å². The number of piperidine rings is 1. The molecule has 28 heavy (non-hydrogen) atoms. The van der Waals surface area contributed by atoms with Crippen LogP contribution in [0.15, 0.2) is 24.7 Å². The monoisotopic (exact) mass is 396 g/mol. The fourth-order valence-corrected chi connectivity index (χ4v) is 4.23. The van der Waals surface area contributed by atoms with Crippen molar-refractivity contribution in [2.75, 3.05) is 13.1 Å². The molecule has 0 spiro atoms. The van der Waals surface area contributed by atoms with Gasteiger partial charge in [-0.25, -0.2) is 9.50 Å². The van der Waals surface area contributed by atoms with Crippen LogP contribution in [0, 0.1) is 6.92 Å².